The molecule has 2 aromatic rings. The van der Waals surface area contributed by atoms with E-state index < -0.39 is 0 Å². The van der Waals surface area contributed by atoms with E-state index in [1.165, 1.54) is 10.5 Å². The van der Waals surface area contributed by atoms with Gasteiger partial charge in [-0.05, 0) is 42.7 Å². The van der Waals surface area contributed by atoms with E-state index in [2.05, 4.69) is 34.9 Å². The number of amides is 1. The quantitative estimate of drug-likeness (QED) is 0.780. The first-order valence-electron chi connectivity index (χ1n) is 8.17. The lowest BCUT2D eigenvalue weighted by Crippen LogP contribution is -2.27. The van der Waals surface area contributed by atoms with Gasteiger partial charge in [-0.3, -0.25) is 4.79 Å². The molecule has 0 spiro atoms. The monoisotopic (exact) mass is 342 g/mol. The molecule has 3 rings (SSSR count). The fourth-order valence-electron chi connectivity index (χ4n) is 2.98. The van der Waals surface area contributed by atoms with Crippen molar-refractivity contribution in [2.24, 2.45) is 0 Å². The third-order valence-electron chi connectivity index (χ3n) is 4.26. The van der Waals surface area contributed by atoms with Crippen molar-refractivity contribution < 1.29 is 9.90 Å². The van der Waals surface area contributed by atoms with Crippen LogP contribution < -0.4 is 10.6 Å². The van der Waals surface area contributed by atoms with Crippen LogP contribution in [0.1, 0.15) is 33.9 Å². The first-order chi connectivity index (χ1) is 11.7. The van der Waals surface area contributed by atoms with Gasteiger partial charge in [-0.15, -0.1) is 11.8 Å². The SMILES string of the molecule is Cc1c(NC2CCSc3ccccc32)cccc1C(=O)NCCO. The highest BCUT2D eigenvalue weighted by molar-refractivity contribution is 7.99. The first-order valence-corrected chi connectivity index (χ1v) is 9.16. The number of anilines is 1. The second-order valence-corrected chi connectivity index (χ2v) is 6.97. The number of carbonyl (C=O) groups is 1. The number of aliphatic hydroxyl groups excluding tert-OH is 1. The van der Waals surface area contributed by atoms with Crippen molar-refractivity contribution in [3.05, 3.63) is 59.2 Å². The summed E-state index contributed by atoms with van der Waals surface area (Å²) in [7, 11) is 0. The van der Waals surface area contributed by atoms with Gasteiger partial charge in [-0.25, -0.2) is 0 Å². The normalized spacial score (nSPS) is 16.3. The molecule has 4 nitrogen and oxygen atoms in total. The Labute approximate surface area is 146 Å². The fourth-order valence-corrected chi connectivity index (χ4v) is 4.11. The van der Waals surface area contributed by atoms with Crippen LogP contribution in [-0.2, 0) is 0 Å². The Morgan fingerprint density at radius 3 is 2.92 bits per heavy atom. The highest BCUT2D eigenvalue weighted by atomic mass is 32.2. The summed E-state index contributed by atoms with van der Waals surface area (Å²) in [5.41, 5.74) is 3.89. The molecule has 24 heavy (non-hydrogen) atoms. The smallest absolute Gasteiger partial charge is 0.251 e. The summed E-state index contributed by atoms with van der Waals surface area (Å²) < 4.78 is 0. The highest BCUT2D eigenvalue weighted by Gasteiger charge is 2.21. The van der Waals surface area contributed by atoms with E-state index in [9.17, 15) is 4.79 Å². The number of hydrogen-bond donors (Lipinski definition) is 3. The third kappa shape index (κ3) is 3.57. The van der Waals surface area contributed by atoms with E-state index in [-0.39, 0.29) is 25.1 Å². The molecule has 0 fully saturated rings. The van der Waals surface area contributed by atoms with E-state index in [1.807, 2.05) is 36.9 Å². The molecule has 126 valence electrons. The average molecular weight is 342 g/mol. The first kappa shape index (κ1) is 16.9. The number of rotatable bonds is 5. The van der Waals surface area contributed by atoms with Crippen LogP contribution in [0.2, 0.25) is 0 Å². The molecule has 0 aliphatic carbocycles. The van der Waals surface area contributed by atoms with Gasteiger partial charge in [-0.2, -0.15) is 0 Å². The zero-order chi connectivity index (χ0) is 16.9. The standard InChI is InChI=1S/C19H22N2O2S/c1-13-14(19(23)20-10-11-22)6-4-7-16(13)21-17-9-12-24-18-8-3-2-5-15(17)18/h2-8,17,21-22H,9-12H2,1H3,(H,20,23). The molecule has 1 amide bonds. The Morgan fingerprint density at radius 2 is 2.08 bits per heavy atom. The highest BCUT2D eigenvalue weighted by Crippen LogP contribution is 2.38. The van der Waals surface area contributed by atoms with Crippen LogP contribution in [0.5, 0.6) is 0 Å². The van der Waals surface area contributed by atoms with E-state index in [0.717, 1.165) is 23.4 Å². The number of carbonyl (C=O) groups excluding carboxylic acids is 1. The predicted octanol–water partition coefficient (Wildman–Crippen LogP) is 3.37. The summed E-state index contributed by atoms with van der Waals surface area (Å²) in [4.78, 5) is 13.5. The molecular weight excluding hydrogens is 320 g/mol. The van der Waals surface area contributed by atoms with E-state index in [1.54, 1.807) is 0 Å². The van der Waals surface area contributed by atoms with Crippen molar-refractivity contribution in [1.82, 2.24) is 5.32 Å². The van der Waals surface area contributed by atoms with E-state index in [4.69, 9.17) is 5.11 Å². The lowest BCUT2D eigenvalue weighted by atomic mass is 10.0. The molecule has 1 unspecified atom stereocenters. The molecule has 2 aromatic carbocycles. The maximum Gasteiger partial charge on any atom is 0.251 e. The molecule has 1 aliphatic rings. The molecular formula is C19H22N2O2S. The van der Waals surface area contributed by atoms with Gasteiger partial charge in [-0.1, -0.05) is 24.3 Å². The molecule has 0 saturated carbocycles. The van der Waals surface area contributed by atoms with Crippen molar-refractivity contribution in [1.29, 1.82) is 0 Å². The van der Waals surface area contributed by atoms with Crippen LogP contribution in [0.15, 0.2) is 47.4 Å². The van der Waals surface area contributed by atoms with Gasteiger partial charge in [0.1, 0.15) is 0 Å². The second-order valence-electron chi connectivity index (χ2n) is 5.83. The van der Waals surface area contributed by atoms with Gasteiger partial charge in [0, 0.05) is 28.4 Å². The van der Waals surface area contributed by atoms with Crippen molar-refractivity contribution in [3.63, 3.8) is 0 Å². The lowest BCUT2D eigenvalue weighted by Gasteiger charge is -2.27. The van der Waals surface area contributed by atoms with Crippen molar-refractivity contribution >= 4 is 23.4 Å². The number of thioether (sulfide) groups is 1. The third-order valence-corrected chi connectivity index (χ3v) is 5.39. The summed E-state index contributed by atoms with van der Waals surface area (Å²) in [6.45, 7) is 2.17. The average Bonchev–Trinajstić information content (AvgIpc) is 2.61. The molecule has 0 radical (unpaired) electrons. The Morgan fingerprint density at radius 1 is 1.25 bits per heavy atom. The molecule has 5 heteroatoms. The number of fused-ring (bicyclic) bond motifs is 1. The van der Waals surface area contributed by atoms with Gasteiger partial charge in [0.25, 0.3) is 5.91 Å². The number of benzene rings is 2. The molecule has 0 aromatic heterocycles. The Hall–Kier alpha value is -1.98. The van der Waals surface area contributed by atoms with Crippen molar-refractivity contribution in [2.45, 2.75) is 24.3 Å². The molecule has 0 bridgehead atoms. The van der Waals surface area contributed by atoms with Gasteiger partial charge in [0.2, 0.25) is 0 Å². The van der Waals surface area contributed by atoms with Crippen LogP contribution in [0.25, 0.3) is 0 Å². The molecule has 3 N–H and O–H groups in total. The van der Waals surface area contributed by atoms with E-state index >= 15 is 0 Å². The van der Waals surface area contributed by atoms with E-state index in [0.29, 0.717) is 5.56 Å². The lowest BCUT2D eigenvalue weighted by molar-refractivity contribution is 0.0944. The minimum Gasteiger partial charge on any atom is -0.395 e. The summed E-state index contributed by atoms with van der Waals surface area (Å²) in [6.07, 6.45) is 1.06. The maximum atomic E-state index is 12.2. The topological polar surface area (TPSA) is 61.4 Å². The van der Waals surface area contributed by atoms with Crippen LogP contribution in [0, 0.1) is 6.92 Å². The predicted molar refractivity (Wildman–Crippen MR) is 98.7 cm³/mol. The Bertz CT molecular complexity index is 733. The largest absolute Gasteiger partial charge is 0.395 e. The van der Waals surface area contributed by atoms with Crippen LogP contribution in [-0.4, -0.2) is 29.9 Å². The Kier molecular flexibility index (Phi) is 5.43. The number of nitrogens with one attached hydrogen (secondary N) is 2. The van der Waals surface area contributed by atoms with Crippen molar-refractivity contribution in [2.75, 3.05) is 24.2 Å². The van der Waals surface area contributed by atoms with Crippen LogP contribution in [0.4, 0.5) is 5.69 Å². The van der Waals surface area contributed by atoms with Gasteiger partial charge < -0.3 is 15.7 Å². The summed E-state index contributed by atoms with van der Waals surface area (Å²) in [6, 6.07) is 14.5. The Balaban J connectivity index is 1.83. The molecule has 1 aliphatic heterocycles. The van der Waals surface area contributed by atoms with Crippen LogP contribution >= 0.6 is 11.8 Å². The van der Waals surface area contributed by atoms with Gasteiger partial charge in [0.15, 0.2) is 0 Å². The summed E-state index contributed by atoms with van der Waals surface area (Å²) in [5, 5.41) is 15.2. The number of aliphatic hydroxyl groups is 1. The second kappa shape index (κ2) is 7.73. The van der Waals surface area contributed by atoms with Gasteiger partial charge in [0.05, 0.1) is 12.6 Å². The zero-order valence-corrected chi connectivity index (χ0v) is 14.5. The van der Waals surface area contributed by atoms with Crippen LogP contribution in [0.3, 0.4) is 0 Å². The van der Waals surface area contributed by atoms with Gasteiger partial charge >= 0.3 is 0 Å². The fraction of sp³-hybridized carbons (Fsp3) is 0.316. The molecule has 0 saturated heterocycles. The summed E-state index contributed by atoms with van der Waals surface area (Å²) >= 11 is 1.90. The van der Waals surface area contributed by atoms with Crippen molar-refractivity contribution in [3.8, 4) is 0 Å². The maximum absolute atomic E-state index is 12.2. The minimum absolute atomic E-state index is 0.0563. The zero-order valence-electron chi connectivity index (χ0n) is 13.7. The minimum atomic E-state index is -0.148. The molecule has 1 heterocycles. The summed E-state index contributed by atoms with van der Waals surface area (Å²) in [5.74, 6) is 0.939. The molecule has 1 atom stereocenters. The number of hydrogen-bond acceptors (Lipinski definition) is 4.